The second-order valence-corrected chi connectivity index (χ2v) is 10.4. The van der Waals surface area contributed by atoms with E-state index < -0.39 is 32.4 Å². The van der Waals surface area contributed by atoms with Gasteiger partial charge in [-0.1, -0.05) is 59.6 Å². The Labute approximate surface area is 231 Å². The zero-order valence-electron chi connectivity index (χ0n) is 18.7. The molecule has 0 bridgehead atoms. The number of carbonyl (C=O) groups excluding carboxylic acids is 1. The van der Waals surface area contributed by atoms with Crippen molar-refractivity contribution in [1.82, 2.24) is 5.32 Å². The summed E-state index contributed by atoms with van der Waals surface area (Å²) in [4.78, 5) is 10.8. The van der Waals surface area contributed by atoms with Gasteiger partial charge in [-0.05, 0) is 54.8 Å². The number of benzene rings is 3. The number of hydrogen-bond donors (Lipinski definition) is 2. The first kappa shape index (κ1) is 28.8. The largest absolute Gasteiger partial charge is 1.00 e. The first-order valence-corrected chi connectivity index (χ1v) is 12.3. The van der Waals surface area contributed by atoms with E-state index in [-0.39, 0.29) is 45.5 Å². The van der Waals surface area contributed by atoms with Crippen molar-refractivity contribution in [2.75, 3.05) is 6.54 Å². The summed E-state index contributed by atoms with van der Waals surface area (Å²) in [5.41, 5.74) is 1.10. The minimum atomic E-state index is -4.16. The molecule has 3 rings (SSSR count). The molecule has 0 fully saturated rings. The molecule has 174 valence electrons. The van der Waals surface area contributed by atoms with E-state index in [0.717, 1.165) is 11.6 Å². The zero-order valence-corrected chi connectivity index (χ0v) is 23.0. The Morgan fingerprint density at radius 2 is 1.71 bits per heavy atom. The molecule has 3 aromatic rings. The fraction of sp³-hybridized carbons (Fsp3) is 0.208. The van der Waals surface area contributed by atoms with Crippen LogP contribution in [0.5, 0.6) is 0 Å². The number of rotatable bonds is 9. The van der Waals surface area contributed by atoms with Gasteiger partial charge in [0.2, 0.25) is 9.84 Å². The molecule has 0 unspecified atom stereocenters. The van der Waals surface area contributed by atoms with Crippen molar-refractivity contribution >= 4 is 39.0 Å². The molecular formula is C24H22Cl2NNaO5S. The SMILES string of the molecule is C[C@H](Cc1ccc(S(=O)(=O)c2c(Cl)cccc2C(=O)[O-])cc1)NC[C@H](O)c1cccc(Cl)c1.[Na+]. The Kier molecular flexibility index (Phi) is 10.6. The fourth-order valence-electron chi connectivity index (χ4n) is 3.44. The van der Waals surface area contributed by atoms with E-state index >= 15 is 0 Å². The van der Waals surface area contributed by atoms with Gasteiger partial charge in [-0.15, -0.1) is 0 Å². The van der Waals surface area contributed by atoms with Gasteiger partial charge >= 0.3 is 29.6 Å². The van der Waals surface area contributed by atoms with Crippen molar-refractivity contribution in [1.29, 1.82) is 0 Å². The third-order valence-corrected chi connectivity index (χ3v) is 7.66. The van der Waals surface area contributed by atoms with Crippen LogP contribution in [0.25, 0.3) is 0 Å². The summed E-state index contributed by atoms with van der Waals surface area (Å²) in [5, 5.41) is 25.3. The van der Waals surface area contributed by atoms with Crippen molar-refractivity contribution < 1.29 is 53.0 Å². The van der Waals surface area contributed by atoms with Gasteiger partial charge in [0.15, 0.2) is 0 Å². The molecule has 0 amide bonds. The molecular weight excluding hydrogens is 508 g/mol. The summed E-state index contributed by atoms with van der Waals surface area (Å²) in [6.07, 6.45) is -0.133. The molecule has 34 heavy (non-hydrogen) atoms. The van der Waals surface area contributed by atoms with E-state index in [1.54, 1.807) is 36.4 Å². The van der Waals surface area contributed by atoms with Crippen LogP contribution in [-0.4, -0.2) is 32.1 Å². The van der Waals surface area contributed by atoms with Crippen LogP contribution >= 0.6 is 23.2 Å². The Bertz CT molecular complexity index is 1250. The molecule has 0 saturated heterocycles. The number of halogens is 2. The van der Waals surface area contributed by atoms with Crippen LogP contribution in [0, 0.1) is 0 Å². The van der Waals surface area contributed by atoms with E-state index in [0.29, 0.717) is 23.6 Å². The second kappa shape index (κ2) is 12.5. The quantitative estimate of drug-likeness (QED) is 0.390. The number of sulfone groups is 1. The van der Waals surface area contributed by atoms with Crippen LogP contribution in [0.15, 0.2) is 76.5 Å². The van der Waals surface area contributed by atoms with Crippen LogP contribution in [0.3, 0.4) is 0 Å². The number of aliphatic hydroxyl groups is 1. The van der Waals surface area contributed by atoms with Crippen LogP contribution < -0.4 is 40.0 Å². The minimum absolute atomic E-state index is 0. The molecule has 0 aliphatic carbocycles. The van der Waals surface area contributed by atoms with E-state index in [1.807, 2.05) is 6.92 Å². The van der Waals surface area contributed by atoms with Gasteiger partial charge in [0.05, 0.1) is 26.9 Å². The van der Waals surface area contributed by atoms with Crippen molar-refractivity contribution in [3.63, 3.8) is 0 Å². The maximum atomic E-state index is 13.0. The number of carboxylic acids is 1. The first-order valence-electron chi connectivity index (χ1n) is 10.1. The molecule has 3 aromatic carbocycles. The molecule has 0 aliphatic rings. The van der Waals surface area contributed by atoms with Gasteiger partial charge in [0.25, 0.3) is 0 Å². The Balaban J connectivity index is 0.00000408. The van der Waals surface area contributed by atoms with Crippen LogP contribution in [0.4, 0.5) is 0 Å². The van der Waals surface area contributed by atoms with Crippen LogP contribution in [0.1, 0.15) is 34.5 Å². The number of hydrogen-bond acceptors (Lipinski definition) is 6. The van der Waals surface area contributed by atoms with E-state index in [4.69, 9.17) is 23.2 Å². The van der Waals surface area contributed by atoms with Gasteiger partial charge in [0.1, 0.15) is 0 Å². The number of aliphatic hydroxyl groups excluding tert-OH is 1. The molecule has 10 heteroatoms. The number of aromatic carboxylic acids is 1. The summed E-state index contributed by atoms with van der Waals surface area (Å²) in [6.45, 7) is 2.28. The minimum Gasteiger partial charge on any atom is -0.545 e. The summed E-state index contributed by atoms with van der Waals surface area (Å²) < 4.78 is 26.0. The Morgan fingerprint density at radius 1 is 1.06 bits per heavy atom. The predicted molar refractivity (Wildman–Crippen MR) is 125 cm³/mol. The molecule has 0 radical (unpaired) electrons. The van der Waals surface area contributed by atoms with Gasteiger partial charge < -0.3 is 20.3 Å². The average Bonchev–Trinajstić information content (AvgIpc) is 2.77. The van der Waals surface area contributed by atoms with Crippen molar-refractivity contribution in [3.05, 3.63) is 93.5 Å². The monoisotopic (exact) mass is 529 g/mol. The molecule has 2 N–H and O–H groups in total. The van der Waals surface area contributed by atoms with E-state index in [2.05, 4.69) is 5.32 Å². The van der Waals surface area contributed by atoms with Gasteiger partial charge in [-0.2, -0.15) is 0 Å². The van der Waals surface area contributed by atoms with E-state index in [1.165, 1.54) is 24.3 Å². The fourth-order valence-corrected chi connectivity index (χ4v) is 5.61. The molecule has 6 nitrogen and oxygen atoms in total. The molecule has 0 aliphatic heterocycles. The second-order valence-electron chi connectivity index (χ2n) is 7.64. The average molecular weight is 530 g/mol. The molecule has 0 spiro atoms. The Hall–Kier alpha value is -1.42. The molecule has 0 heterocycles. The standard InChI is InChI=1S/C24H23Cl2NO5S.Na/c1-15(27-14-22(28)17-4-2-5-18(25)13-17)12-16-8-10-19(11-9-16)33(31,32)23-20(24(29)30)6-3-7-21(23)26;/h2-11,13,15,22,27-28H,12,14H2,1H3,(H,29,30);/q;+1/p-1/t15-,22+;/m1./s1. The summed E-state index contributed by atoms with van der Waals surface area (Å²) >= 11 is 12.0. The topological polar surface area (TPSA) is 107 Å². The maximum Gasteiger partial charge on any atom is 1.00 e. The number of nitrogens with one attached hydrogen (secondary N) is 1. The molecule has 0 saturated carbocycles. The van der Waals surface area contributed by atoms with Crippen molar-refractivity contribution in [2.24, 2.45) is 0 Å². The smallest absolute Gasteiger partial charge is 0.545 e. The maximum absolute atomic E-state index is 13.0. The third-order valence-electron chi connectivity index (χ3n) is 5.12. The third kappa shape index (κ3) is 7.06. The molecule has 2 atom stereocenters. The van der Waals surface area contributed by atoms with Crippen LogP contribution in [0.2, 0.25) is 10.0 Å². The van der Waals surface area contributed by atoms with Gasteiger partial charge in [0, 0.05) is 23.2 Å². The van der Waals surface area contributed by atoms with Gasteiger partial charge in [-0.25, -0.2) is 8.42 Å². The predicted octanol–water partition coefficient (Wildman–Crippen LogP) is 0.448. The van der Waals surface area contributed by atoms with Gasteiger partial charge in [-0.3, -0.25) is 0 Å². The zero-order chi connectivity index (χ0) is 24.2. The first-order chi connectivity index (χ1) is 15.6. The van der Waals surface area contributed by atoms with E-state index in [9.17, 15) is 23.4 Å². The van der Waals surface area contributed by atoms with Crippen molar-refractivity contribution in [3.8, 4) is 0 Å². The number of carboxylic acid groups (broad SMARTS) is 1. The summed E-state index contributed by atoms with van der Waals surface area (Å²) in [7, 11) is -4.16. The molecule has 0 aromatic heterocycles. The Morgan fingerprint density at radius 3 is 2.32 bits per heavy atom. The summed E-state index contributed by atoms with van der Waals surface area (Å²) in [6, 6.07) is 17.0. The van der Waals surface area contributed by atoms with Crippen LogP contribution in [-0.2, 0) is 16.3 Å². The number of carbonyl (C=O) groups is 1. The summed E-state index contributed by atoms with van der Waals surface area (Å²) in [5.74, 6) is -1.62. The normalized spacial score (nSPS) is 13.1. The van der Waals surface area contributed by atoms with Crippen molar-refractivity contribution in [2.45, 2.75) is 35.3 Å².